The summed E-state index contributed by atoms with van der Waals surface area (Å²) in [5.74, 6) is 1.46. The predicted molar refractivity (Wildman–Crippen MR) is 148 cm³/mol. The van der Waals surface area contributed by atoms with E-state index in [-0.39, 0.29) is 11.8 Å². The van der Waals surface area contributed by atoms with Crippen LogP contribution in [-0.2, 0) is 11.2 Å². The standard InChI is InChI=1S/C28H30N4O3.C2H6/c1-19-23(17-26(33)34)27(31-14-12-28(2,3)13-15-31)32-25(29-19)18-24(30-32)20-8-7-11-22(16-20)35-21-9-5-4-6-10-21;1-2/h4-11,16,18H,12-15,17H2,1-3H3,(H,33,34);1-2H3. The monoisotopic (exact) mass is 500 g/mol. The molecule has 3 heterocycles. The highest BCUT2D eigenvalue weighted by molar-refractivity contribution is 5.75. The molecule has 0 atom stereocenters. The zero-order chi connectivity index (χ0) is 26.6. The third-order valence-corrected chi connectivity index (χ3v) is 6.73. The average Bonchev–Trinajstić information content (AvgIpc) is 3.30. The van der Waals surface area contributed by atoms with E-state index in [4.69, 9.17) is 14.8 Å². The van der Waals surface area contributed by atoms with Crippen molar-refractivity contribution in [3.8, 4) is 22.8 Å². The van der Waals surface area contributed by atoms with Gasteiger partial charge in [0.1, 0.15) is 17.3 Å². The first-order chi connectivity index (χ1) is 17.8. The van der Waals surface area contributed by atoms with E-state index in [1.54, 1.807) is 0 Å². The maximum absolute atomic E-state index is 11.7. The molecule has 0 aliphatic carbocycles. The molecule has 7 heteroatoms. The number of rotatable bonds is 6. The Morgan fingerprint density at radius 2 is 1.68 bits per heavy atom. The van der Waals surface area contributed by atoms with Gasteiger partial charge in [-0.1, -0.05) is 58.0 Å². The van der Waals surface area contributed by atoms with Crippen molar-refractivity contribution in [2.75, 3.05) is 18.0 Å². The average molecular weight is 501 g/mol. The van der Waals surface area contributed by atoms with Crippen LogP contribution in [0.3, 0.4) is 0 Å². The lowest BCUT2D eigenvalue weighted by atomic mass is 9.82. The molecule has 1 saturated heterocycles. The van der Waals surface area contributed by atoms with Gasteiger partial charge in [-0.15, -0.1) is 0 Å². The van der Waals surface area contributed by atoms with E-state index in [1.807, 2.05) is 86.0 Å². The highest BCUT2D eigenvalue weighted by Gasteiger charge is 2.29. The van der Waals surface area contributed by atoms with E-state index in [2.05, 4.69) is 18.7 Å². The number of aryl methyl sites for hydroxylation is 1. The van der Waals surface area contributed by atoms with Gasteiger partial charge in [-0.3, -0.25) is 4.79 Å². The summed E-state index contributed by atoms with van der Waals surface area (Å²) in [5, 5.41) is 14.5. The van der Waals surface area contributed by atoms with Crippen LogP contribution in [0.2, 0.25) is 0 Å². The number of ether oxygens (including phenoxy) is 1. The van der Waals surface area contributed by atoms with Crippen molar-refractivity contribution in [1.82, 2.24) is 14.6 Å². The number of carboxylic acid groups (broad SMARTS) is 1. The van der Waals surface area contributed by atoms with E-state index >= 15 is 0 Å². The van der Waals surface area contributed by atoms with E-state index in [1.165, 1.54) is 0 Å². The third kappa shape index (κ3) is 5.93. The molecule has 0 unspecified atom stereocenters. The molecule has 0 spiro atoms. The normalized spacial score (nSPS) is 14.7. The lowest BCUT2D eigenvalue weighted by Gasteiger charge is -2.38. The van der Waals surface area contributed by atoms with Gasteiger partial charge in [0.15, 0.2) is 5.65 Å². The summed E-state index contributed by atoms with van der Waals surface area (Å²) in [6.45, 7) is 12.2. The minimum Gasteiger partial charge on any atom is -0.481 e. The largest absolute Gasteiger partial charge is 0.481 e. The van der Waals surface area contributed by atoms with Crippen molar-refractivity contribution in [2.24, 2.45) is 5.41 Å². The summed E-state index contributed by atoms with van der Waals surface area (Å²) in [5.41, 5.74) is 4.11. The minimum atomic E-state index is -0.869. The Morgan fingerprint density at radius 1 is 1.00 bits per heavy atom. The van der Waals surface area contributed by atoms with Crippen LogP contribution < -0.4 is 9.64 Å². The maximum atomic E-state index is 11.7. The Balaban J connectivity index is 0.00000156. The van der Waals surface area contributed by atoms with Crippen LogP contribution in [0.15, 0.2) is 60.7 Å². The number of hydrogen-bond acceptors (Lipinski definition) is 5. The molecular weight excluding hydrogens is 464 g/mol. The summed E-state index contributed by atoms with van der Waals surface area (Å²) in [7, 11) is 0. The molecule has 1 aliphatic rings. The van der Waals surface area contributed by atoms with Crippen LogP contribution in [-0.4, -0.2) is 38.8 Å². The zero-order valence-corrected chi connectivity index (χ0v) is 22.4. The second-order valence-corrected chi connectivity index (χ2v) is 9.96. The molecule has 194 valence electrons. The van der Waals surface area contributed by atoms with Crippen LogP contribution in [0, 0.1) is 12.3 Å². The van der Waals surface area contributed by atoms with Crippen molar-refractivity contribution in [3.05, 3.63) is 71.9 Å². The van der Waals surface area contributed by atoms with Crippen LogP contribution in [0.25, 0.3) is 16.9 Å². The fourth-order valence-corrected chi connectivity index (χ4v) is 4.63. The van der Waals surface area contributed by atoms with Gasteiger partial charge in [0, 0.05) is 36.0 Å². The fourth-order valence-electron chi connectivity index (χ4n) is 4.63. The molecule has 5 rings (SSSR count). The molecule has 7 nitrogen and oxygen atoms in total. The summed E-state index contributed by atoms with van der Waals surface area (Å²) in [4.78, 5) is 18.7. The molecule has 4 aromatic rings. The number of carboxylic acids is 1. The molecule has 1 aliphatic heterocycles. The van der Waals surface area contributed by atoms with Gasteiger partial charge in [-0.25, -0.2) is 4.98 Å². The molecule has 1 N–H and O–H groups in total. The SMILES string of the molecule is CC.Cc1nc2cc(-c3cccc(Oc4ccccc4)c3)nn2c(N2CCC(C)(C)CC2)c1CC(=O)O. The first-order valence-corrected chi connectivity index (χ1v) is 13.0. The first-order valence-electron chi connectivity index (χ1n) is 13.0. The number of aromatic nitrogens is 3. The van der Waals surface area contributed by atoms with E-state index in [0.717, 1.165) is 65.8 Å². The number of hydrogen-bond donors (Lipinski definition) is 1. The number of para-hydroxylation sites is 1. The molecule has 0 saturated carbocycles. The predicted octanol–water partition coefficient (Wildman–Crippen LogP) is 6.78. The van der Waals surface area contributed by atoms with Crippen molar-refractivity contribution in [2.45, 2.75) is 53.9 Å². The van der Waals surface area contributed by atoms with Gasteiger partial charge in [0.05, 0.1) is 12.1 Å². The van der Waals surface area contributed by atoms with Crippen molar-refractivity contribution < 1.29 is 14.6 Å². The highest BCUT2D eigenvalue weighted by Crippen LogP contribution is 2.35. The molecule has 1 fully saturated rings. The molecule has 37 heavy (non-hydrogen) atoms. The lowest BCUT2D eigenvalue weighted by molar-refractivity contribution is -0.136. The van der Waals surface area contributed by atoms with Crippen LogP contribution in [0.4, 0.5) is 5.82 Å². The third-order valence-electron chi connectivity index (χ3n) is 6.73. The second-order valence-electron chi connectivity index (χ2n) is 9.96. The van der Waals surface area contributed by atoms with Crippen LogP contribution >= 0.6 is 0 Å². The Kier molecular flexibility index (Phi) is 7.81. The number of anilines is 1. The molecule has 2 aromatic heterocycles. The highest BCUT2D eigenvalue weighted by atomic mass is 16.5. The number of fused-ring (bicyclic) bond motifs is 1. The zero-order valence-electron chi connectivity index (χ0n) is 22.4. The van der Waals surface area contributed by atoms with Crippen molar-refractivity contribution in [3.63, 3.8) is 0 Å². The number of benzene rings is 2. The summed E-state index contributed by atoms with van der Waals surface area (Å²) in [6.07, 6.45) is 1.99. The number of nitrogens with zero attached hydrogens (tertiary/aromatic N) is 4. The quantitative estimate of drug-likeness (QED) is 0.314. The van der Waals surface area contributed by atoms with Gasteiger partial charge >= 0.3 is 5.97 Å². The molecule has 0 radical (unpaired) electrons. The first kappa shape index (κ1) is 26.2. The van der Waals surface area contributed by atoms with E-state index in [0.29, 0.717) is 5.65 Å². The molecular formula is C30H36N4O3. The minimum absolute atomic E-state index is 0.0837. The van der Waals surface area contributed by atoms with Crippen molar-refractivity contribution >= 4 is 17.4 Å². The fraction of sp³-hybridized carbons (Fsp3) is 0.367. The Morgan fingerprint density at radius 3 is 2.35 bits per heavy atom. The van der Waals surface area contributed by atoms with E-state index < -0.39 is 5.97 Å². The Bertz CT molecular complexity index is 1370. The van der Waals surface area contributed by atoms with E-state index in [9.17, 15) is 9.90 Å². The maximum Gasteiger partial charge on any atom is 0.308 e. The summed E-state index contributed by atoms with van der Waals surface area (Å²) < 4.78 is 7.83. The Labute approximate surface area is 218 Å². The van der Waals surface area contributed by atoms with Gasteiger partial charge in [-0.05, 0) is 49.4 Å². The lowest BCUT2D eigenvalue weighted by Crippen LogP contribution is -2.39. The number of piperidine rings is 1. The van der Waals surface area contributed by atoms with Gasteiger partial charge in [-0.2, -0.15) is 9.61 Å². The molecule has 0 bridgehead atoms. The number of aliphatic carboxylic acids is 1. The summed E-state index contributed by atoms with van der Waals surface area (Å²) >= 11 is 0. The van der Waals surface area contributed by atoms with Crippen LogP contribution in [0.5, 0.6) is 11.5 Å². The Hall–Kier alpha value is -3.87. The number of carbonyl (C=O) groups is 1. The summed E-state index contributed by atoms with van der Waals surface area (Å²) in [6, 6.07) is 19.4. The van der Waals surface area contributed by atoms with Crippen LogP contribution in [0.1, 0.15) is 51.8 Å². The topological polar surface area (TPSA) is 80.0 Å². The van der Waals surface area contributed by atoms with Gasteiger partial charge in [0.2, 0.25) is 0 Å². The van der Waals surface area contributed by atoms with Crippen molar-refractivity contribution in [1.29, 1.82) is 0 Å². The second kappa shape index (κ2) is 11.0. The molecule has 0 amide bonds. The smallest absolute Gasteiger partial charge is 0.308 e. The molecule has 2 aromatic carbocycles. The van der Waals surface area contributed by atoms with Gasteiger partial charge < -0.3 is 14.7 Å². The van der Waals surface area contributed by atoms with Gasteiger partial charge in [0.25, 0.3) is 0 Å².